The number of hydrogen-bond donors (Lipinski definition) is 2. The summed E-state index contributed by atoms with van der Waals surface area (Å²) in [6.07, 6.45) is 1.83. The van der Waals surface area contributed by atoms with Crippen LogP contribution in [0.25, 0.3) is 5.82 Å². The van der Waals surface area contributed by atoms with Gasteiger partial charge in [0.15, 0.2) is 11.4 Å². The van der Waals surface area contributed by atoms with E-state index in [-0.39, 0.29) is 5.91 Å². The van der Waals surface area contributed by atoms with Crippen LogP contribution < -0.4 is 15.4 Å². The molecule has 9 heteroatoms. The van der Waals surface area contributed by atoms with Crippen molar-refractivity contribution in [2.45, 2.75) is 26.4 Å². The van der Waals surface area contributed by atoms with E-state index in [1.54, 1.807) is 42.8 Å². The van der Waals surface area contributed by atoms with Crippen LogP contribution in [0.4, 0.5) is 5.82 Å². The highest BCUT2D eigenvalue weighted by molar-refractivity contribution is 6.30. The second-order valence-corrected chi connectivity index (χ2v) is 7.36. The second kappa shape index (κ2) is 8.91. The molecule has 2 N–H and O–H groups in total. The van der Waals surface area contributed by atoms with Crippen LogP contribution in [0, 0.1) is 6.92 Å². The lowest BCUT2D eigenvalue weighted by Crippen LogP contribution is -2.47. The SMILES string of the molecule is Cc1ccn(-c2ccc(NCCNC(=O)C(C)(C)Oc3ccc(Cl)cc3)nn2)n1. The molecule has 0 radical (unpaired) electrons. The van der Waals surface area contributed by atoms with Gasteiger partial charge in [0.1, 0.15) is 11.6 Å². The summed E-state index contributed by atoms with van der Waals surface area (Å²) in [5, 5.41) is 19.1. The molecule has 0 unspecified atom stereocenters. The fourth-order valence-corrected chi connectivity index (χ4v) is 2.63. The van der Waals surface area contributed by atoms with Crippen molar-refractivity contribution in [2.24, 2.45) is 0 Å². The Morgan fingerprint density at radius 2 is 1.86 bits per heavy atom. The Balaban J connectivity index is 1.44. The average molecular weight is 415 g/mol. The normalized spacial score (nSPS) is 11.2. The molecule has 0 atom stereocenters. The molecular weight excluding hydrogens is 392 g/mol. The Hall–Kier alpha value is -3.13. The molecule has 3 aromatic rings. The summed E-state index contributed by atoms with van der Waals surface area (Å²) < 4.78 is 7.43. The Labute approximate surface area is 174 Å². The first-order chi connectivity index (χ1) is 13.8. The zero-order valence-electron chi connectivity index (χ0n) is 16.5. The average Bonchev–Trinajstić information content (AvgIpc) is 3.13. The van der Waals surface area contributed by atoms with Crippen molar-refractivity contribution >= 4 is 23.3 Å². The summed E-state index contributed by atoms with van der Waals surface area (Å²) in [5.41, 5.74) is -0.107. The lowest BCUT2D eigenvalue weighted by molar-refractivity contribution is -0.134. The third-order valence-electron chi connectivity index (χ3n) is 4.06. The number of benzene rings is 1. The van der Waals surface area contributed by atoms with Gasteiger partial charge in [-0.25, -0.2) is 4.68 Å². The van der Waals surface area contributed by atoms with Gasteiger partial charge in [0.05, 0.1) is 5.69 Å². The zero-order chi connectivity index (χ0) is 20.9. The number of anilines is 1. The summed E-state index contributed by atoms with van der Waals surface area (Å²) in [5.74, 6) is 1.61. The van der Waals surface area contributed by atoms with Crippen molar-refractivity contribution in [3.05, 3.63) is 59.4 Å². The molecule has 0 aliphatic rings. The van der Waals surface area contributed by atoms with Crippen molar-refractivity contribution in [2.75, 3.05) is 18.4 Å². The minimum absolute atomic E-state index is 0.218. The van der Waals surface area contributed by atoms with E-state index in [0.717, 1.165) is 5.69 Å². The molecule has 0 spiro atoms. The van der Waals surface area contributed by atoms with Crippen LogP contribution in [0.15, 0.2) is 48.7 Å². The van der Waals surface area contributed by atoms with Gasteiger partial charge in [-0.15, -0.1) is 10.2 Å². The van der Waals surface area contributed by atoms with Crippen LogP contribution in [0.1, 0.15) is 19.5 Å². The van der Waals surface area contributed by atoms with Crippen molar-refractivity contribution in [1.82, 2.24) is 25.3 Å². The molecule has 2 heterocycles. The van der Waals surface area contributed by atoms with Gasteiger partial charge < -0.3 is 15.4 Å². The maximum absolute atomic E-state index is 12.4. The van der Waals surface area contributed by atoms with Crippen molar-refractivity contribution in [1.29, 1.82) is 0 Å². The van der Waals surface area contributed by atoms with Crippen LogP contribution in [-0.2, 0) is 4.79 Å². The molecule has 0 aliphatic heterocycles. The standard InChI is InChI=1S/C20H23ClN6O2/c1-14-10-13-27(26-14)18-9-8-17(24-25-18)22-11-12-23-19(28)20(2,3)29-16-6-4-15(21)5-7-16/h4-10,13H,11-12H2,1-3H3,(H,22,24)(H,23,28). The molecule has 1 aromatic carbocycles. The largest absolute Gasteiger partial charge is 0.478 e. The Morgan fingerprint density at radius 3 is 2.48 bits per heavy atom. The summed E-state index contributed by atoms with van der Waals surface area (Å²) >= 11 is 5.87. The summed E-state index contributed by atoms with van der Waals surface area (Å²) in [6.45, 7) is 6.25. The van der Waals surface area contributed by atoms with E-state index in [4.69, 9.17) is 16.3 Å². The van der Waals surface area contributed by atoms with Crippen LogP contribution >= 0.6 is 11.6 Å². The molecule has 0 saturated carbocycles. The summed E-state index contributed by atoms with van der Waals surface area (Å²) in [6, 6.07) is 12.4. The van der Waals surface area contributed by atoms with Gasteiger partial charge in [-0.1, -0.05) is 11.6 Å². The number of nitrogens with one attached hydrogen (secondary N) is 2. The molecule has 2 aromatic heterocycles. The third kappa shape index (κ3) is 5.68. The summed E-state index contributed by atoms with van der Waals surface area (Å²) in [4.78, 5) is 12.4. The number of rotatable bonds is 8. The number of aromatic nitrogens is 4. The fraction of sp³-hybridized carbons (Fsp3) is 0.300. The molecule has 0 bridgehead atoms. The first kappa shape index (κ1) is 20.6. The number of aryl methyl sites for hydroxylation is 1. The Morgan fingerprint density at radius 1 is 1.10 bits per heavy atom. The molecule has 8 nitrogen and oxygen atoms in total. The Bertz CT molecular complexity index is 954. The van der Waals surface area contributed by atoms with E-state index in [1.807, 2.05) is 31.3 Å². The first-order valence-electron chi connectivity index (χ1n) is 9.17. The van der Waals surface area contributed by atoms with Gasteiger partial charge >= 0.3 is 0 Å². The number of amides is 1. The lowest BCUT2D eigenvalue weighted by Gasteiger charge is -2.25. The van der Waals surface area contributed by atoms with Gasteiger partial charge in [-0.05, 0) is 63.2 Å². The zero-order valence-corrected chi connectivity index (χ0v) is 17.3. The number of carbonyl (C=O) groups excluding carboxylic acids is 1. The molecule has 1 amide bonds. The maximum Gasteiger partial charge on any atom is 0.263 e. The second-order valence-electron chi connectivity index (χ2n) is 6.93. The minimum atomic E-state index is -1.02. The highest BCUT2D eigenvalue weighted by Crippen LogP contribution is 2.21. The van der Waals surface area contributed by atoms with Crippen molar-refractivity contribution in [3.8, 4) is 11.6 Å². The van der Waals surface area contributed by atoms with Crippen molar-refractivity contribution in [3.63, 3.8) is 0 Å². The number of carbonyl (C=O) groups is 1. The van der Waals surface area contributed by atoms with Gasteiger partial charge in [0.25, 0.3) is 5.91 Å². The predicted molar refractivity (Wildman–Crippen MR) is 112 cm³/mol. The smallest absolute Gasteiger partial charge is 0.263 e. The molecule has 152 valence electrons. The van der Waals surface area contributed by atoms with Gasteiger partial charge in [0.2, 0.25) is 0 Å². The van der Waals surface area contributed by atoms with Crippen LogP contribution in [0.3, 0.4) is 0 Å². The van der Waals surface area contributed by atoms with E-state index in [0.29, 0.717) is 35.5 Å². The number of ether oxygens (including phenoxy) is 1. The molecule has 0 saturated heterocycles. The van der Waals surface area contributed by atoms with E-state index in [2.05, 4.69) is 25.9 Å². The van der Waals surface area contributed by atoms with E-state index >= 15 is 0 Å². The highest BCUT2D eigenvalue weighted by Gasteiger charge is 2.29. The highest BCUT2D eigenvalue weighted by atomic mass is 35.5. The minimum Gasteiger partial charge on any atom is -0.478 e. The van der Waals surface area contributed by atoms with E-state index in [1.165, 1.54) is 0 Å². The molecule has 3 rings (SSSR count). The Kier molecular flexibility index (Phi) is 6.33. The molecule has 0 fully saturated rings. The van der Waals surface area contributed by atoms with Crippen LogP contribution in [-0.4, -0.2) is 44.6 Å². The van der Waals surface area contributed by atoms with Crippen LogP contribution in [0.2, 0.25) is 5.02 Å². The van der Waals surface area contributed by atoms with Gasteiger partial charge in [-0.2, -0.15) is 5.10 Å². The third-order valence-corrected chi connectivity index (χ3v) is 4.31. The lowest BCUT2D eigenvalue weighted by atomic mass is 10.1. The van der Waals surface area contributed by atoms with Crippen molar-refractivity contribution < 1.29 is 9.53 Å². The van der Waals surface area contributed by atoms with Gasteiger partial charge in [0, 0.05) is 24.3 Å². The molecule has 0 aliphatic carbocycles. The molecule has 29 heavy (non-hydrogen) atoms. The number of halogens is 1. The maximum atomic E-state index is 12.4. The van der Waals surface area contributed by atoms with E-state index in [9.17, 15) is 4.79 Å². The first-order valence-corrected chi connectivity index (χ1v) is 9.54. The topological polar surface area (TPSA) is 94.0 Å². The van der Waals surface area contributed by atoms with E-state index < -0.39 is 5.60 Å². The van der Waals surface area contributed by atoms with Gasteiger partial charge in [-0.3, -0.25) is 4.79 Å². The monoisotopic (exact) mass is 414 g/mol. The predicted octanol–water partition coefficient (Wildman–Crippen LogP) is 3.01. The molecular formula is C20H23ClN6O2. The fourth-order valence-electron chi connectivity index (χ4n) is 2.51. The summed E-state index contributed by atoms with van der Waals surface area (Å²) in [7, 11) is 0. The van der Waals surface area contributed by atoms with Crippen LogP contribution in [0.5, 0.6) is 5.75 Å². The quantitative estimate of drug-likeness (QED) is 0.550. The number of nitrogens with zero attached hydrogens (tertiary/aromatic N) is 4. The number of hydrogen-bond acceptors (Lipinski definition) is 6.